The molecule has 154 valence electrons. The third kappa shape index (κ3) is 5.24. The summed E-state index contributed by atoms with van der Waals surface area (Å²) < 4.78 is 0.947. The predicted molar refractivity (Wildman–Crippen MR) is 123 cm³/mol. The molecule has 7 nitrogen and oxygen atoms in total. The lowest BCUT2D eigenvalue weighted by Crippen LogP contribution is -2.43. The molecule has 5 N–H and O–H groups in total. The second-order valence-corrected chi connectivity index (χ2v) is 8.22. The lowest BCUT2D eigenvalue weighted by Gasteiger charge is -2.14. The number of nitrogens with one attached hydrogen (secondary N) is 2. The van der Waals surface area contributed by atoms with Crippen LogP contribution in [-0.4, -0.2) is 23.1 Å². The van der Waals surface area contributed by atoms with Crippen LogP contribution < -0.4 is 16.7 Å². The van der Waals surface area contributed by atoms with Gasteiger partial charge in [-0.25, -0.2) is 11.3 Å². The Morgan fingerprint density at radius 3 is 2.37 bits per heavy atom. The van der Waals surface area contributed by atoms with E-state index in [1.54, 1.807) is 12.1 Å². The Labute approximate surface area is 189 Å². The van der Waals surface area contributed by atoms with Gasteiger partial charge < -0.3 is 5.11 Å². The van der Waals surface area contributed by atoms with Gasteiger partial charge in [-0.1, -0.05) is 42.5 Å². The fourth-order valence-electron chi connectivity index (χ4n) is 2.91. The number of nitrogens with two attached hydrogens (primary N) is 1. The zero-order chi connectivity index (χ0) is 21.7. The molecule has 0 fully saturated rings. The van der Waals surface area contributed by atoms with E-state index in [-0.39, 0.29) is 12.2 Å². The molecule has 9 heteroatoms. The second-order valence-electron chi connectivity index (χ2n) is 6.51. The summed E-state index contributed by atoms with van der Waals surface area (Å²) in [4.78, 5) is 24.8. The van der Waals surface area contributed by atoms with Crippen molar-refractivity contribution >= 4 is 60.7 Å². The number of rotatable bonds is 6. The van der Waals surface area contributed by atoms with Gasteiger partial charge in [0, 0.05) is 0 Å². The largest absolute Gasteiger partial charge is 0.506 e. The average Bonchev–Trinajstić information content (AvgIpc) is 2.75. The smallest absolute Gasteiger partial charge is 0.253 e. The van der Waals surface area contributed by atoms with Crippen LogP contribution in [-0.2, 0) is 16.0 Å². The highest BCUT2D eigenvalue weighted by molar-refractivity contribution is 9.11. The molecule has 3 aromatic carbocycles. The highest BCUT2D eigenvalue weighted by Gasteiger charge is 2.26. The molecule has 3 aromatic rings. The second kappa shape index (κ2) is 9.84. The minimum Gasteiger partial charge on any atom is -0.506 e. The Hall–Kier alpha value is -2.75. The van der Waals surface area contributed by atoms with Crippen LogP contribution in [0.3, 0.4) is 0 Å². The highest BCUT2D eigenvalue weighted by atomic mass is 79.9. The monoisotopic (exact) mass is 532 g/mol. The third-order valence-electron chi connectivity index (χ3n) is 4.46. The highest BCUT2D eigenvalue weighted by Crippen LogP contribution is 2.32. The molecule has 0 saturated carbocycles. The molecule has 0 spiro atoms. The van der Waals surface area contributed by atoms with Gasteiger partial charge in [0.2, 0.25) is 5.91 Å². The maximum absolute atomic E-state index is 12.6. The number of phenolic OH excluding ortho intramolecular Hbond substituents is 1. The molecule has 30 heavy (non-hydrogen) atoms. The minimum absolute atomic E-state index is 0.0613. The fourth-order valence-corrected chi connectivity index (χ4v) is 4.14. The molecule has 1 atom stereocenters. The van der Waals surface area contributed by atoms with Crippen molar-refractivity contribution < 1.29 is 14.7 Å². The number of benzene rings is 3. The van der Waals surface area contributed by atoms with Crippen molar-refractivity contribution in [1.82, 2.24) is 10.9 Å². The van der Waals surface area contributed by atoms with E-state index in [1.807, 2.05) is 47.9 Å². The number of aromatic hydroxyl groups is 1. The number of carbonyl (C=O) groups excluding carboxylic acids is 2. The Kier molecular flexibility index (Phi) is 7.20. The molecule has 0 heterocycles. The summed E-state index contributed by atoms with van der Waals surface area (Å²) in [6.45, 7) is 0. The molecule has 0 aliphatic rings. The molecule has 3 rings (SSSR count). The van der Waals surface area contributed by atoms with Crippen molar-refractivity contribution in [2.45, 2.75) is 6.42 Å². The van der Waals surface area contributed by atoms with Gasteiger partial charge >= 0.3 is 0 Å². The standard InChI is InChI=1S/C21H18Br2N4O3/c22-17-9-13(10-18(23)19(17)28)11-25-27-21(30)16(20(29)26-24)8-12-5-6-14-3-1-2-4-15(14)7-12/h1-7,9-11,16,28H,8,24H2,(H,26,29)(H,27,30)/b25-11+. The van der Waals surface area contributed by atoms with E-state index in [1.165, 1.54) is 6.21 Å². The van der Waals surface area contributed by atoms with Gasteiger partial charge in [-0.2, -0.15) is 5.10 Å². The molecule has 0 radical (unpaired) electrons. The van der Waals surface area contributed by atoms with E-state index in [9.17, 15) is 14.7 Å². The maximum atomic E-state index is 12.6. The Balaban J connectivity index is 1.74. The summed E-state index contributed by atoms with van der Waals surface area (Å²) in [7, 11) is 0. The molecular formula is C21H18Br2N4O3. The number of hydrogen-bond acceptors (Lipinski definition) is 5. The first-order valence-electron chi connectivity index (χ1n) is 8.88. The zero-order valence-corrected chi connectivity index (χ0v) is 18.8. The van der Waals surface area contributed by atoms with Crippen molar-refractivity contribution in [1.29, 1.82) is 0 Å². The summed E-state index contributed by atoms with van der Waals surface area (Å²) in [6, 6.07) is 16.9. The number of hydrazine groups is 1. The normalized spacial score (nSPS) is 12.1. The number of fused-ring (bicyclic) bond motifs is 1. The first-order valence-corrected chi connectivity index (χ1v) is 10.5. The number of hydrogen-bond donors (Lipinski definition) is 4. The van der Waals surface area contributed by atoms with Gasteiger partial charge in [0.25, 0.3) is 5.91 Å². The molecule has 0 aliphatic carbocycles. The van der Waals surface area contributed by atoms with Crippen LogP contribution in [0.1, 0.15) is 11.1 Å². The summed E-state index contributed by atoms with van der Waals surface area (Å²) in [5.41, 5.74) is 5.87. The van der Waals surface area contributed by atoms with Crippen LogP contribution in [0.5, 0.6) is 5.75 Å². The first kappa shape index (κ1) is 21.9. The SMILES string of the molecule is NNC(=O)C(Cc1ccc2ccccc2c1)C(=O)N/N=C/c1cc(Br)c(O)c(Br)c1. The number of nitrogens with zero attached hydrogens (tertiary/aromatic N) is 1. The van der Waals surface area contributed by atoms with Crippen molar-refractivity contribution in [3.05, 3.63) is 74.7 Å². The lowest BCUT2D eigenvalue weighted by atomic mass is 9.96. The summed E-state index contributed by atoms with van der Waals surface area (Å²) >= 11 is 6.46. The summed E-state index contributed by atoms with van der Waals surface area (Å²) in [5.74, 6) is 3.09. The molecule has 0 bridgehead atoms. The number of carbonyl (C=O) groups is 2. The minimum atomic E-state index is -1.05. The zero-order valence-electron chi connectivity index (χ0n) is 15.6. The van der Waals surface area contributed by atoms with Crippen molar-refractivity contribution in [3.8, 4) is 5.75 Å². The van der Waals surface area contributed by atoms with Crippen LogP contribution in [0.4, 0.5) is 0 Å². The van der Waals surface area contributed by atoms with Crippen LogP contribution in [0, 0.1) is 5.92 Å². The van der Waals surface area contributed by atoms with Gasteiger partial charge in [0.15, 0.2) is 0 Å². The van der Waals surface area contributed by atoms with E-state index in [0.717, 1.165) is 16.3 Å². The summed E-state index contributed by atoms with van der Waals surface area (Å²) in [6.07, 6.45) is 1.58. The Morgan fingerprint density at radius 2 is 1.70 bits per heavy atom. The number of phenols is 1. The number of amides is 2. The van der Waals surface area contributed by atoms with Crippen LogP contribution in [0.2, 0.25) is 0 Å². The maximum Gasteiger partial charge on any atom is 0.253 e. The van der Waals surface area contributed by atoms with E-state index >= 15 is 0 Å². The average molecular weight is 534 g/mol. The predicted octanol–water partition coefficient (Wildman–Crippen LogP) is 3.37. The van der Waals surface area contributed by atoms with Crippen molar-refractivity contribution in [2.75, 3.05) is 0 Å². The van der Waals surface area contributed by atoms with Gasteiger partial charge in [-0.05, 0) is 72.3 Å². The topological polar surface area (TPSA) is 117 Å². The quantitative estimate of drug-likeness (QED) is 0.128. The summed E-state index contributed by atoms with van der Waals surface area (Å²) in [5, 5.41) is 15.7. The van der Waals surface area contributed by atoms with Gasteiger partial charge in [-0.3, -0.25) is 15.0 Å². The molecular weight excluding hydrogens is 516 g/mol. The van der Waals surface area contributed by atoms with E-state index in [4.69, 9.17) is 5.84 Å². The van der Waals surface area contributed by atoms with Gasteiger partial charge in [0.05, 0.1) is 15.2 Å². The van der Waals surface area contributed by atoms with E-state index in [0.29, 0.717) is 14.5 Å². The van der Waals surface area contributed by atoms with Crippen LogP contribution >= 0.6 is 31.9 Å². The molecule has 0 aromatic heterocycles. The Bertz CT molecular complexity index is 1110. The first-order chi connectivity index (χ1) is 14.4. The van der Waals surface area contributed by atoms with Crippen molar-refractivity contribution in [3.63, 3.8) is 0 Å². The lowest BCUT2D eigenvalue weighted by molar-refractivity contribution is -0.135. The fraction of sp³-hybridized carbons (Fsp3) is 0.0952. The number of hydrazone groups is 1. The molecule has 0 saturated heterocycles. The van der Waals surface area contributed by atoms with Gasteiger partial charge in [0.1, 0.15) is 11.7 Å². The Morgan fingerprint density at radius 1 is 1.03 bits per heavy atom. The van der Waals surface area contributed by atoms with Gasteiger partial charge in [-0.15, -0.1) is 0 Å². The van der Waals surface area contributed by atoms with E-state index < -0.39 is 17.7 Å². The third-order valence-corrected chi connectivity index (χ3v) is 5.67. The molecule has 2 amide bonds. The van der Waals surface area contributed by atoms with Crippen LogP contribution in [0.15, 0.2) is 68.6 Å². The molecule has 0 aliphatic heterocycles. The van der Waals surface area contributed by atoms with Crippen LogP contribution in [0.25, 0.3) is 10.8 Å². The number of halogens is 2. The molecule has 1 unspecified atom stereocenters. The van der Waals surface area contributed by atoms with Crippen molar-refractivity contribution in [2.24, 2.45) is 16.9 Å². The van der Waals surface area contributed by atoms with E-state index in [2.05, 4.69) is 42.4 Å².